The molecular weight excluding hydrogens is 251 g/mol. The first-order chi connectivity index (χ1) is 9.74. The molecule has 0 heterocycles. The van der Waals surface area contributed by atoms with E-state index >= 15 is 0 Å². The Morgan fingerprint density at radius 1 is 1.00 bits per heavy atom. The Kier molecular flexibility index (Phi) is 9.25. The number of nitrogens with two attached hydrogens (primary N) is 1. The molecule has 0 saturated heterocycles. The van der Waals surface area contributed by atoms with Crippen LogP contribution in [-0.2, 0) is 0 Å². The van der Waals surface area contributed by atoms with Crippen molar-refractivity contribution >= 4 is 0 Å². The molecule has 114 valence electrons. The highest BCUT2D eigenvalue weighted by Crippen LogP contribution is 2.13. The average Bonchev–Trinajstić information content (AvgIpc) is 2.46. The van der Waals surface area contributed by atoms with Gasteiger partial charge in [-0.3, -0.25) is 0 Å². The van der Waals surface area contributed by atoms with E-state index < -0.39 is 0 Å². The molecule has 1 unspecified atom stereocenters. The number of benzene rings is 1. The van der Waals surface area contributed by atoms with Gasteiger partial charge in [0.1, 0.15) is 5.82 Å². The molecule has 0 aliphatic carbocycles. The topological polar surface area (TPSA) is 38.0 Å². The quantitative estimate of drug-likeness (QED) is 0.597. The van der Waals surface area contributed by atoms with Gasteiger partial charge < -0.3 is 11.1 Å². The maximum atomic E-state index is 12.8. The van der Waals surface area contributed by atoms with Crippen LogP contribution >= 0.6 is 0 Å². The van der Waals surface area contributed by atoms with Gasteiger partial charge in [-0.2, -0.15) is 0 Å². The van der Waals surface area contributed by atoms with Crippen molar-refractivity contribution < 1.29 is 4.39 Å². The Balaban J connectivity index is 1.99. The highest BCUT2D eigenvalue weighted by molar-refractivity contribution is 5.19. The summed E-state index contributed by atoms with van der Waals surface area (Å²) < 4.78 is 12.8. The molecule has 0 aliphatic rings. The summed E-state index contributed by atoms with van der Waals surface area (Å²) in [4.78, 5) is 0. The number of hydrogen-bond acceptors (Lipinski definition) is 2. The van der Waals surface area contributed by atoms with Gasteiger partial charge in [-0.1, -0.05) is 51.2 Å². The van der Waals surface area contributed by atoms with E-state index in [1.165, 1.54) is 50.7 Å². The molecular formula is C17H29FN2. The molecule has 0 spiro atoms. The maximum absolute atomic E-state index is 12.8. The molecule has 0 aromatic heterocycles. The van der Waals surface area contributed by atoms with Gasteiger partial charge in [0.05, 0.1) is 0 Å². The van der Waals surface area contributed by atoms with Crippen LogP contribution in [0.3, 0.4) is 0 Å². The van der Waals surface area contributed by atoms with Crippen LogP contribution < -0.4 is 11.1 Å². The fourth-order valence-corrected chi connectivity index (χ4v) is 2.29. The van der Waals surface area contributed by atoms with Crippen LogP contribution in [0.2, 0.25) is 0 Å². The van der Waals surface area contributed by atoms with Crippen LogP contribution in [0.25, 0.3) is 0 Å². The molecule has 1 rings (SSSR count). The van der Waals surface area contributed by atoms with Gasteiger partial charge in [-0.15, -0.1) is 0 Å². The van der Waals surface area contributed by atoms with Crippen molar-refractivity contribution in [1.82, 2.24) is 5.32 Å². The van der Waals surface area contributed by atoms with Gasteiger partial charge in [-0.25, -0.2) is 4.39 Å². The Hall–Kier alpha value is -0.930. The first-order valence-corrected chi connectivity index (χ1v) is 7.95. The fraction of sp³-hybridized carbons (Fsp3) is 0.647. The van der Waals surface area contributed by atoms with Gasteiger partial charge in [0.25, 0.3) is 0 Å². The molecule has 0 radical (unpaired) electrons. The Bertz CT molecular complexity index is 337. The van der Waals surface area contributed by atoms with E-state index in [9.17, 15) is 4.39 Å². The van der Waals surface area contributed by atoms with Crippen LogP contribution in [0.5, 0.6) is 0 Å². The highest BCUT2D eigenvalue weighted by atomic mass is 19.1. The van der Waals surface area contributed by atoms with Crippen molar-refractivity contribution in [3.8, 4) is 0 Å². The molecule has 0 amide bonds. The molecule has 20 heavy (non-hydrogen) atoms. The van der Waals surface area contributed by atoms with Crippen LogP contribution in [0, 0.1) is 5.82 Å². The molecule has 2 nitrogen and oxygen atoms in total. The zero-order valence-electron chi connectivity index (χ0n) is 12.7. The number of nitrogens with one attached hydrogen (secondary N) is 1. The Morgan fingerprint density at radius 2 is 1.65 bits per heavy atom. The Morgan fingerprint density at radius 3 is 2.35 bits per heavy atom. The third-order valence-corrected chi connectivity index (χ3v) is 3.64. The van der Waals surface area contributed by atoms with Crippen molar-refractivity contribution in [2.45, 2.75) is 57.9 Å². The smallest absolute Gasteiger partial charge is 0.123 e. The first-order valence-electron chi connectivity index (χ1n) is 7.95. The number of unbranched alkanes of at least 4 members (excludes halogenated alkanes) is 5. The van der Waals surface area contributed by atoms with E-state index in [1.54, 1.807) is 12.1 Å². The monoisotopic (exact) mass is 280 g/mol. The summed E-state index contributed by atoms with van der Waals surface area (Å²) in [6, 6.07) is 6.48. The lowest BCUT2D eigenvalue weighted by atomic mass is 10.0. The van der Waals surface area contributed by atoms with E-state index in [1.807, 2.05) is 0 Å². The SMILES string of the molecule is CCCCCCCCNCCC(N)c1ccc(F)cc1. The summed E-state index contributed by atoms with van der Waals surface area (Å²) in [5.74, 6) is -0.206. The minimum absolute atomic E-state index is 0.00680. The molecule has 0 aliphatic heterocycles. The minimum atomic E-state index is -0.206. The normalized spacial score (nSPS) is 12.6. The van der Waals surface area contributed by atoms with Gasteiger partial charge in [-0.05, 0) is 43.6 Å². The third kappa shape index (κ3) is 7.61. The zero-order valence-corrected chi connectivity index (χ0v) is 12.7. The van der Waals surface area contributed by atoms with E-state index in [0.717, 1.165) is 25.1 Å². The second kappa shape index (κ2) is 10.8. The summed E-state index contributed by atoms with van der Waals surface area (Å²) in [5, 5.41) is 3.43. The summed E-state index contributed by atoms with van der Waals surface area (Å²) >= 11 is 0. The molecule has 3 N–H and O–H groups in total. The summed E-state index contributed by atoms with van der Waals surface area (Å²) in [5.41, 5.74) is 7.09. The van der Waals surface area contributed by atoms with Gasteiger partial charge in [0, 0.05) is 6.04 Å². The standard InChI is InChI=1S/C17H29FN2/c1-2-3-4-5-6-7-13-20-14-12-17(19)15-8-10-16(18)11-9-15/h8-11,17,20H,2-7,12-14,19H2,1H3. The van der Waals surface area contributed by atoms with Crippen LogP contribution in [0.15, 0.2) is 24.3 Å². The summed E-state index contributed by atoms with van der Waals surface area (Å²) in [7, 11) is 0. The van der Waals surface area contributed by atoms with E-state index in [0.29, 0.717) is 0 Å². The molecule has 1 aromatic carbocycles. The van der Waals surface area contributed by atoms with E-state index in [2.05, 4.69) is 12.2 Å². The predicted molar refractivity (Wildman–Crippen MR) is 84.2 cm³/mol. The maximum Gasteiger partial charge on any atom is 0.123 e. The molecule has 3 heteroatoms. The molecule has 0 saturated carbocycles. The zero-order chi connectivity index (χ0) is 14.6. The van der Waals surface area contributed by atoms with Crippen molar-refractivity contribution in [2.24, 2.45) is 5.73 Å². The van der Waals surface area contributed by atoms with E-state index in [4.69, 9.17) is 5.73 Å². The summed E-state index contributed by atoms with van der Waals surface area (Å²) in [6.45, 7) is 4.24. The van der Waals surface area contributed by atoms with Crippen LogP contribution in [-0.4, -0.2) is 13.1 Å². The predicted octanol–water partition coefficient (Wildman–Crippen LogP) is 4.17. The minimum Gasteiger partial charge on any atom is -0.324 e. The van der Waals surface area contributed by atoms with Gasteiger partial charge >= 0.3 is 0 Å². The van der Waals surface area contributed by atoms with Crippen LogP contribution in [0.1, 0.15) is 63.5 Å². The number of hydrogen-bond donors (Lipinski definition) is 2. The first kappa shape index (κ1) is 17.1. The fourth-order valence-electron chi connectivity index (χ4n) is 2.29. The van der Waals surface area contributed by atoms with Crippen molar-refractivity contribution in [1.29, 1.82) is 0 Å². The second-order valence-corrected chi connectivity index (χ2v) is 5.46. The molecule has 0 bridgehead atoms. The van der Waals surface area contributed by atoms with E-state index in [-0.39, 0.29) is 11.9 Å². The summed E-state index contributed by atoms with van der Waals surface area (Å²) in [6.07, 6.45) is 8.84. The van der Waals surface area contributed by atoms with Gasteiger partial charge in [0.15, 0.2) is 0 Å². The second-order valence-electron chi connectivity index (χ2n) is 5.46. The average molecular weight is 280 g/mol. The lowest BCUT2D eigenvalue weighted by Crippen LogP contribution is -2.22. The van der Waals surface area contributed by atoms with Gasteiger partial charge in [0.2, 0.25) is 0 Å². The highest BCUT2D eigenvalue weighted by Gasteiger charge is 2.05. The molecule has 1 aromatic rings. The van der Waals surface area contributed by atoms with Crippen LogP contribution in [0.4, 0.5) is 4.39 Å². The lowest BCUT2D eigenvalue weighted by molar-refractivity contribution is 0.542. The number of rotatable bonds is 11. The molecule has 1 atom stereocenters. The largest absolute Gasteiger partial charge is 0.324 e. The third-order valence-electron chi connectivity index (χ3n) is 3.64. The van der Waals surface area contributed by atoms with Crippen molar-refractivity contribution in [3.63, 3.8) is 0 Å². The lowest BCUT2D eigenvalue weighted by Gasteiger charge is -2.12. The van der Waals surface area contributed by atoms with Crippen molar-refractivity contribution in [3.05, 3.63) is 35.6 Å². The van der Waals surface area contributed by atoms with Crippen molar-refractivity contribution in [2.75, 3.05) is 13.1 Å². The molecule has 0 fully saturated rings. The number of halogens is 1. The Labute approximate surface area is 123 Å².